The third kappa shape index (κ3) is 3.34. The monoisotopic (exact) mass is 293 g/mol. The van der Waals surface area contributed by atoms with E-state index in [-0.39, 0.29) is 12.1 Å². The van der Waals surface area contributed by atoms with Crippen LogP contribution in [0.5, 0.6) is 0 Å². The second-order valence-electron chi connectivity index (χ2n) is 6.08. The van der Waals surface area contributed by atoms with E-state index in [4.69, 9.17) is 4.74 Å². The number of amides is 2. The van der Waals surface area contributed by atoms with Gasteiger partial charge in [-0.2, -0.15) is 0 Å². The van der Waals surface area contributed by atoms with Crippen LogP contribution in [0.25, 0.3) is 0 Å². The zero-order chi connectivity index (χ0) is 14.8. The number of carbonyl (C=O) groups is 1. The summed E-state index contributed by atoms with van der Waals surface area (Å²) in [5, 5.41) is 11.0. The van der Waals surface area contributed by atoms with E-state index in [0.29, 0.717) is 12.0 Å². The highest BCUT2D eigenvalue weighted by Gasteiger charge is 2.35. The molecular weight excluding hydrogens is 270 g/mol. The van der Waals surface area contributed by atoms with Gasteiger partial charge in [0, 0.05) is 32.2 Å². The smallest absolute Gasteiger partial charge is 0.318 e. The Balaban J connectivity index is 1.60. The lowest BCUT2D eigenvalue weighted by atomic mass is 10.1. The molecule has 2 amide bonds. The highest BCUT2D eigenvalue weighted by atomic mass is 16.5. The van der Waals surface area contributed by atoms with Crippen molar-refractivity contribution < 1.29 is 9.53 Å². The first-order chi connectivity index (χ1) is 10.1. The van der Waals surface area contributed by atoms with Gasteiger partial charge in [0.1, 0.15) is 6.33 Å². The van der Waals surface area contributed by atoms with Crippen LogP contribution < -0.4 is 5.32 Å². The predicted octanol–water partition coefficient (Wildman–Crippen LogP) is 1.09. The number of nitrogens with zero attached hydrogens (tertiary/aromatic N) is 4. The standard InChI is InChI=1S/C14H23N5O2/c1-10(13-17-15-9-18(13)2)16-14(20)19(12-3-4-12)7-11-5-6-21-8-11/h9-12H,3-8H2,1-2H3,(H,16,20)/t10-,11+/m0/s1. The Morgan fingerprint density at radius 3 is 2.95 bits per heavy atom. The van der Waals surface area contributed by atoms with Crippen LogP contribution in [0, 0.1) is 5.92 Å². The number of hydrogen-bond donors (Lipinski definition) is 1. The molecule has 0 bridgehead atoms. The Labute approximate surface area is 124 Å². The van der Waals surface area contributed by atoms with E-state index >= 15 is 0 Å². The summed E-state index contributed by atoms with van der Waals surface area (Å²) in [4.78, 5) is 14.5. The van der Waals surface area contributed by atoms with Gasteiger partial charge in [0.15, 0.2) is 5.82 Å². The van der Waals surface area contributed by atoms with Gasteiger partial charge in [-0.25, -0.2) is 4.79 Å². The lowest BCUT2D eigenvalue weighted by molar-refractivity contribution is 0.160. The first kappa shape index (κ1) is 14.3. The summed E-state index contributed by atoms with van der Waals surface area (Å²) >= 11 is 0. The van der Waals surface area contributed by atoms with Crippen molar-refractivity contribution in [2.24, 2.45) is 13.0 Å². The molecule has 2 heterocycles. The van der Waals surface area contributed by atoms with Crippen molar-refractivity contribution in [2.75, 3.05) is 19.8 Å². The summed E-state index contributed by atoms with van der Waals surface area (Å²) in [5.74, 6) is 1.24. The Kier molecular flexibility index (Phi) is 4.10. The molecule has 0 unspecified atom stereocenters. The van der Waals surface area contributed by atoms with Crippen LogP contribution >= 0.6 is 0 Å². The lowest BCUT2D eigenvalue weighted by Crippen LogP contribution is -2.45. The van der Waals surface area contributed by atoms with E-state index < -0.39 is 0 Å². The van der Waals surface area contributed by atoms with E-state index in [2.05, 4.69) is 15.5 Å². The fourth-order valence-corrected chi connectivity index (χ4v) is 2.81. The van der Waals surface area contributed by atoms with Crippen LogP contribution in [0.3, 0.4) is 0 Å². The minimum atomic E-state index is -0.147. The topological polar surface area (TPSA) is 72.3 Å². The molecule has 7 nitrogen and oxygen atoms in total. The third-order valence-corrected chi connectivity index (χ3v) is 4.20. The van der Waals surface area contributed by atoms with Gasteiger partial charge in [0.25, 0.3) is 0 Å². The summed E-state index contributed by atoms with van der Waals surface area (Å²) in [6.07, 6.45) is 4.92. The number of rotatable bonds is 5. The van der Waals surface area contributed by atoms with Gasteiger partial charge in [-0.1, -0.05) is 0 Å². The van der Waals surface area contributed by atoms with Crippen LogP contribution in [0.2, 0.25) is 0 Å². The van der Waals surface area contributed by atoms with Gasteiger partial charge in [-0.05, 0) is 26.2 Å². The molecule has 0 radical (unpaired) electrons. The fraction of sp³-hybridized carbons (Fsp3) is 0.786. The Morgan fingerprint density at radius 1 is 1.57 bits per heavy atom. The van der Waals surface area contributed by atoms with E-state index in [1.54, 1.807) is 6.33 Å². The number of hydrogen-bond acceptors (Lipinski definition) is 4. The molecule has 1 saturated heterocycles. The summed E-state index contributed by atoms with van der Waals surface area (Å²) in [6, 6.07) is 0.253. The number of carbonyl (C=O) groups excluding carboxylic acids is 1. The number of aromatic nitrogens is 3. The highest BCUT2D eigenvalue weighted by Crippen LogP contribution is 2.29. The molecule has 3 rings (SSSR count). The van der Waals surface area contributed by atoms with E-state index in [1.165, 1.54) is 0 Å². The molecule has 1 aliphatic heterocycles. The van der Waals surface area contributed by atoms with Crippen molar-refractivity contribution >= 4 is 6.03 Å². The molecule has 2 aliphatic rings. The van der Waals surface area contributed by atoms with Crippen molar-refractivity contribution in [3.05, 3.63) is 12.2 Å². The van der Waals surface area contributed by atoms with Crippen LogP contribution in [0.1, 0.15) is 38.1 Å². The van der Waals surface area contributed by atoms with Crippen molar-refractivity contribution in [1.29, 1.82) is 0 Å². The van der Waals surface area contributed by atoms with Crippen molar-refractivity contribution in [2.45, 2.75) is 38.3 Å². The summed E-state index contributed by atoms with van der Waals surface area (Å²) < 4.78 is 7.24. The molecule has 1 aliphatic carbocycles. The number of urea groups is 1. The lowest BCUT2D eigenvalue weighted by Gasteiger charge is -2.27. The van der Waals surface area contributed by atoms with Crippen molar-refractivity contribution in [3.8, 4) is 0 Å². The first-order valence-corrected chi connectivity index (χ1v) is 7.64. The summed E-state index contributed by atoms with van der Waals surface area (Å²) in [6.45, 7) is 4.32. The molecule has 2 atom stereocenters. The fourth-order valence-electron chi connectivity index (χ4n) is 2.81. The molecule has 1 saturated carbocycles. The third-order valence-electron chi connectivity index (χ3n) is 4.20. The maximum Gasteiger partial charge on any atom is 0.318 e. The van der Waals surface area contributed by atoms with Crippen molar-refractivity contribution in [1.82, 2.24) is 25.0 Å². The normalized spacial score (nSPS) is 23.0. The molecule has 2 fully saturated rings. The molecule has 1 aromatic heterocycles. The van der Waals surface area contributed by atoms with Crippen LogP contribution in [-0.4, -0.2) is 51.5 Å². The maximum absolute atomic E-state index is 12.5. The van der Waals surface area contributed by atoms with Crippen LogP contribution in [0.4, 0.5) is 4.79 Å². The Morgan fingerprint density at radius 2 is 2.38 bits per heavy atom. The van der Waals surface area contributed by atoms with Gasteiger partial charge in [0.05, 0.1) is 12.6 Å². The SMILES string of the molecule is C[C@H](NC(=O)N(C[C@H]1CCOC1)C1CC1)c1nncn1C. The average molecular weight is 293 g/mol. The minimum Gasteiger partial charge on any atom is -0.381 e. The van der Waals surface area contributed by atoms with Gasteiger partial charge in [-0.15, -0.1) is 10.2 Å². The molecule has 0 aromatic carbocycles. The van der Waals surface area contributed by atoms with Gasteiger partial charge in [0.2, 0.25) is 0 Å². The molecule has 1 N–H and O–H groups in total. The van der Waals surface area contributed by atoms with Crippen LogP contribution in [-0.2, 0) is 11.8 Å². The van der Waals surface area contributed by atoms with E-state index in [0.717, 1.165) is 44.8 Å². The van der Waals surface area contributed by atoms with E-state index in [9.17, 15) is 4.79 Å². The summed E-state index contributed by atoms with van der Waals surface area (Å²) in [7, 11) is 1.88. The molecule has 1 aromatic rings. The zero-order valence-electron chi connectivity index (χ0n) is 12.7. The summed E-state index contributed by atoms with van der Waals surface area (Å²) in [5.41, 5.74) is 0. The average Bonchev–Trinajstić information content (AvgIpc) is 2.98. The number of aryl methyl sites for hydroxylation is 1. The highest BCUT2D eigenvalue weighted by molar-refractivity contribution is 5.75. The van der Waals surface area contributed by atoms with Gasteiger partial charge < -0.3 is 19.5 Å². The molecule has 7 heteroatoms. The molecule has 0 spiro atoms. The van der Waals surface area contributed by atoms with Crippen LogP contribution in [0.15, 0.2) is 6.33 Å². The quantitative estimate of drug-likeness (QED) is 0.882. The second-order valence-corrected chi connectivity index (χ2v) is 6.08. The largest absolute Gasteiger partial charge is 0.381 e. The maximum atomic E-state index is 12.5. The zero-order valence-corrected chi connectivity index (χ0v) is 12.7. The molecule has 116 valence electrons. The van der Waals surface area contributed by atoms with Crippen molar-refractivity contribution in [3.63, 3.8) is 0 Å². The Bertz CT molecular complexity index is 493. The van der Waals surface area contributed by atoms with Gasteiger partial charge in [-0.3, -0.25) is 0 Å². The number of ether oxygens (including phenoxy) is 1. The Hall–Kier alpha value is -1.63. The molecular formula is C14H23N5O2. The van der Waals surface area contributed by atoms with E-state index in [1.807, 2.05) is 23.4 Å². The predicted molar refractivity (Wildman–Crippen MR) is 76.6 cm³/mol. The first-order valence-electron chi connectivity index (χ1n) is 7.64. The van der Waals surface area contributed by atoms with Gasteiger partial charge >= 0.3 is 6.03 Å². The molecule has 21 heavy (non-hydrogen) atoms. The second kappa shape index (κ2) is 6.01. The number of nitrogens with one attached hydrogen (secondary N) is 1. The minimum absolute atomic E-state index is 0.0000926.